The predicted octanol–water partition coefficient (Wildman–Crippen LogP) is 5.49. The predicted molar refractivity (Wildman–Crippen MR) is 129 cm³/mol. The van der Waals surface area contributed by atoms with E-state index >= 15 is 0 Å². The molecule has 1 fully saturated rings. The summed E-state index contributed by atoms with van der Waals surface area (Å²) in [6, 6.07) is 15.1. The molecule has 34 heavy (non-hydrogen) atoms. The molecule has 1 saturated heterocycles. The second-order valence-corrected chi connectivity index (χ2v) is 8.46. The van der Waals surface area contributed by atoms with Gasteiger partial charge in [0.1, 0.15) is 17.3 Å². The number of Topliss-reactive ketones (excluding diaryl/α,β-unsaturated/α-hetero) is 1. The van der Waals surface area contributed by atoms with Crippen molar-refractivity contribution >= 4 is 23.3 Å². The molecular weight excluding hydrogens is 432 g/mol. The van der Waals surface area contributed by atoms with Gasteiger partial charge in [-0.05, 0) is 38.0 Å². The van der Waals surface area contributed by atoms with Crippen LogP contribution < -0.4 is 9.64 Å². The number of hydrogen-bond acceptors (Lipinski definition) is 6. The second-order valence-electron chi connectivity index (χ2n) is 8.46. The molecule has 4 rings (SSSR count). The van der Waals surface area contributed by atoms with E-state index in [0.717, 1.165) is 24.8 Å². The summed E-state index contributed by atoms with van der Waals surface area (Å²) in [6.45, 7) is 6.40. The monoisotopic (exact) mass is 460 g/mol. The molecular formula is C27H28N2O5. The van der Waals surface area contributed by atoms with Crippen molar-refractivity contribution in [3.63, 3.8) is 0 Å². The first-order chi connectivity index (χ1) is 16.4. The number of ether oxygens (including phenoxy) is 1. The number of aliphatic hydroxyl groups is 1. The van der Waals surface area contributed by atoms with Crippen LogP contribution in [0.4, 0.5) is 5.82 Å². The van der Waals surface area contributed by atoms with Crippen molar-refractivity contribution in [3.05, 3.63) is 82.6 Å². The maximum absolute atomic E-state index is 13.1. The lowest BCUT2D eigenvalue weighted by atomic mass is 9.95. The van der Waals surface area contributed by atoms with Gasteiger partial charge < -0.3 is 14.4 Å². The van der Waals surface area contributed by atoms with Crippen LogP contribution in [-0.4, -0.2) is 28.6 Å². The zero-order chi connectivity index (χ0) is 24.2. The van der Waals surface area contributed by atoms with Gasteiger partial charge in [0.05, 0.1) is 18.2 Å². The zero-order valence-electron chi connectivity index (χ0n) is 19.6. The number of ketones is 1. The minimum absolute atomic E-state index is 0.00567. The standard InChI is InChI=1S/C27H28N2O5/c1-4-5-6-15-33-21-13-11-19(12-14-21)24-23(25(30)20-9-7-17(2)8-10-20)26(31)27(32)29(24)22-16-18(3)34-28-22/h7-14,16,24,30H,4-6,15H2,1-3H3. The van der Waals surface area contributed by atoms with Crippen molar-refractivity contribution in [3.8, 4) is 5.75 Å². The summed E-state index contributed by atoms with van der Waals surface area (Å²) in [5.74, 6) is -0.355. The number of hydrogen-bond donors (Lipinski definition) is 1. The summed E-state index contributed by atoms with van der Waals surface area (Å²) in [7, 11) is 0. The minimum Gasteiger partial charge on any atom is -0.507 e. The number of rotatable bonds is 8. The normalized spacial score (nSPS) is 17.4. The van der Waals surface area contributed by atoms with E-state index in [1.165, 1.54) is 4.90 Å². The van der Waals surface area contributed by atoms with Gasteiger partial charge >= 0.3 is 5.91 Å². The van der Waals surface area contributed by atoms with Gasteiger partial charge in [-0.2, -0.15) is 0 Å². The highest BCUT2D eigenvalue weighted by atomic mass is 16.5. The van der Waals surface area contributed by atoms with Crippen LogP contribution >= 0.6 is 0 Å². The number of nitrogens with zero attached hydrogens (tertiary/aromatic N) is 2. The van der Waals surface area contributed by atoms with Crippen molar-refractivity contribution in [2.75, 3.05) is 11.5 Å². The highest BCUT2D eigenvalue weighted by Crippen LogP contribution is 2.42. The Morgan fingerprint density at radius 1 is 1.06 bits per heavy atom. The molecule has 1 aliphatic rings. The van der Waals surface area contributed by atoms with Crippen molar-refractivity contribution in [2.45, 2.75) is 46.1 Å². The summed E-state index contributed by atoms with van der Waals surface area (Å²) in [4.78, 5) is 27.5. The van der Waals surface area contributed by atoms with Gasteiger partial charge in [0.25, 0.3) is 5.78 Å². The lowest BCUT2D eigenvalue weighted by molar-refractivity contribution is -0.132. The molecule has 0 spiro atoms. The molecule has 7 nitrogen and oxygen atoms in total. The van der Waals surface area contributed by atoms with Crippen LogP contribution in [-0.2, 0) is 9.59 Å². The molecule has 0 saturated carbocycles. The maximum Gasteiger partial charge on any atom is 0.301 e. The average molecular weight is 461 g/mol. The third-order valence-electron chi connectivity index (χ3n) is 5.84. The molecule has 2 heterocycles. The number of aromatic nitrogens is 1. The van der Waals surface area contributed by atoms with Crippen LogP contribution in [0.25, 0.3) is 5.76 Å². The maximum atomic E-state index is 13.1. The zero-order valence-corrected chi connectivity index (χ0v) is 19.6. The third-order valence-corrected chi connectivity index (χ3v) is 5.84. The third kappa shape index (κ3) is 4.59. The summed E-state index contributed by atoms with van der Waals surface area (Å²) in [5, 5.41) is 15.1. The first kappa shape index (κ1) is 23.3. The van der Waals surface area contributed by atoms with Gasteiger partial charge in [0.15, 0.2) is 5.82 Å². The van der Waals surface area contributed by atoms with E-state index in [0.29, 0.717) is 29.2 Å². The van der Waals surface area contributed by atoms with Crippen LogP contribution in [0.2, 0.25) is 0 Å². The van der Waals surface area contributed by atoms with E-state index in [1.54, 1.807) is 49.4 Å². The van der Waals surface area contributed by atoms with Crippen molar-refractivity contribution in [1.29, 1.82) is 0 Å². The molecule has 1 aromatic heterocycles. The molecule has 2 aromatic carbocycles. The number of carbonyl (C=O) groups is 2. The average Bonchev–Trinajstić information content (AvgIpc) is 3.37. The second kappa shape index (κ2) is 9.95. The van der Waals surface area contributed by atoms with Crippen LogP contribution in [0.3, 0.4) is 0 Å². The number of aryl methyl sites for hydroxylation is 2. The first-order valence-electron chi connectivity index (χ1n) is 11.4. The van der Waals surface area contributed by atoms with Crippen molar-refractivity contribution in [2.24, 2.45) is 0 Å². The van der Waals surface area contributed by atoms with Gasteiger partial charge in [-0.3, -0.25) is 14.5 Å². The Bertz CT molecular complexity index is 1210. The topological polar surface area (TPSA) is 92.9 Å². The molecule has 176 valence electrons. The fourth-order valence-corrected chi connectivity index (χ4v) is 4.01. The smallest absolute Gasteiger partial charge is 0.301 e. The number of amides is 1. The van der Waals surface area contributed by atoms with Gasteiger partial charge in [0, 0.05) is 11.6 Å². The van der Waals surface area contributed by atoms with E-state index in [-0.39, 0.29) is 17.2 Å². The molecule has 1 aliphatic heterocycles. The minimum atomic E-state index is -0.861. The lowest BCUT2D eigenvalue weighted by Crippen LogP contribution is -2.29. The molecule has 1 amide bonds. The number of unbranched alkanes of at least 4 members (excludes halogenated alkanes) is 2. The van der Waals surface area contributed by atoms with Crippen LogP contribution in [0.1, 0.15) is 54.7 Å². The first-order valence-corrected chi connectivity index (χ1v) is 11.4. The molecule has 0 radical (unpaired) electrons. The van der Waals surface area contributed by atoms with E-state index in [1.807, 2.05) is 19.1 Å². The van der Waals surface area contributed by atoms with Crippen LogP contribution in [0.15, 0.2) is 64.7 Å². The highest BCUT2D eigenvalue weighted by molar-refractivity contribution is 6.51. The molecule has 0 bridgehead atoms. The molecule has 1 atom stereocenters. The van der Waals surface area contributed by atoms with E-state index in [2.05, 4.69) is 12.1 Å². The quantitative estimate of drug-likeness (QED) is 0.207. The summed E-state index contributed by atoms with van der Waals surface area (Å²) < 4.78 is 11.0. The summed E-state index contributed by atoms with van der Waals surface area (Å²) >= 11 is 0. The lowest BCUT2D eigenvalue weighted by Gasteiger charge is -2.23. The van der Waals surface area contributed by atoms with Gasteiger partial charge in [-0.25, -0.2) is 0 Å². The van der Waals surface area contributed by atoms with E-state index in [4.69, 9.17) is 9.26 Å². The summed E-state index contributed by atoms with van der Waals surface area (Å²) in [6.07, 6.45) is 3.19. The van der Waals surface area contributed by atoms with E-state index < -0.39 is 17.7 Å². The Balaban J connectivity index is 1.76. The van der Waals surface area contributed by atoms with Crippen molar-refractivity contribution in [1.82, 2.24) is 5.16 Å². The Labute approximate surface area is 198 Å². The number of anilines is 1. The molecule has 0 aliphatic carbocycles. The molecule has 1 unspecified atom stereocenters. The number of carbonyl (C=O) groups excluding carboxylic acids is 2. The van der Waals surface area contributed by atoms with E-state index in [9.17, 15) is 14.7 Å². The number of aliphatic hydroxyl groups excluding tert-OH is 1. The van der Waals surface area contributed by atoms with Gasteiger partial charge in [0.2, 0.25) is 0 Å². The Morgan fingerprint density at radius 3 is 2.38 bits per heavy atom. The highest BCUT2D eigenvalue weighted by Gasteiger charge is 2.48. The SMILES string of the molecule is CCCCCOc1ccc(C2C(=C(O)c3ccc(C)cc3)C(=O)C(=O)N2c2cc(C)on2)cc1. The van der Waals surface area contributed by atoms with Crippen molar-refractivity contribution < 1.29 is 24.0 Å². The van der Waals surface area contributed by atoms with Gasteiger partial charge in [-0.1, -0.05) is 66.9 Å². The fraction of sp³-hybridized carbons (Fsp3) is 0.296. The Morgan fingerprint density at radius 2 is 1.76 bits per heavy atom. The Kier molecular flexibility index (Phi) is 6.82. The Hall–Kier alpha value is -3.87. The number of benzene rings is 2. The molecule has 1 N–H and O–H groups in total. The molecule has 7 heteroatoms. The summed E-state index contributed by atoms with van der Waals surface area (Å²) in [5.41, 5.74) is 2.13. The largest absolute Gasteiger partial charge is 0.507 e. The van der Waals surface area contributed by atoms with Crippen LogP contribution in [0, 0.1) is 13.8 Å². The van der Waals surface area contributed by atoms with Gasteiger partial charge in [-0.15, -0.1) is 0 Å². The molecule has 3 aromatic rings. The fourth-order valence-electron chi connectivity index (χ4n) is 4.01. The van der Waals surface area contributed by atoms with Crippen LogP contribution in [0.5, 0.6) is 5.75 Å².